The fourth-order valence-corrected chi connectivity index (χ4v) is 4.92. The zero-order valence-electron chi connectivity index (χ0n) is 18.2. The summed E-state index contributed by atoms with van der Waals surface area (Å²) < 4.78 is 12.1. The number of carbonyl (C=O) groups excluding carboxylic acids is 2. The van der Waals surface area contributed by atoms with Crippen LogP contribution < -0.4 is 26.1 Å². The summed E-state index contributed by atoms with van der Waals surface area (Å²) in [5.41, 5.74) is 6.33. The van der Waals surface area contributed by atoms with Gasteiger partial charge in [-0.15, -0.1) is 11.3 Å². The Bertz CT molecular complexity index is 1450. The molecule has 0 aliphatic heterocycles. The van der Waals surface area contributed by atoms with E-state index in [1.807, 2.05) is 0 Å². The number of aromatic nitrogens is 2. The fourth-order valence-electron chi connectivity index (χ4n) is 3.29. The number of rotatable bonds is 8. The summed E-state index contributed by atoms with van der Waals surface area (Å²) in [6.07, 6.45) is 0. The van der Waals surface area contributed by atoms with Gasteiger partial charge < -0.3 is 20.5 Å². The predicted octanol–water partition coefficient (Wildman–Crippen LogP) is 3.29. The molecule has 0 spiro atoms. The van der Waals surface area contributed by atoms with Gasteiger partial charge in [-0.3, -0.25) is 19.0 Å². The molecule has 0 saturated heterocycles. The van der Waals surface area contributed by atoms with Crippen molar-refractivity contribution in [3.63, 3.8) is 0 Å². The van der Waals surface area contributed by atoms with Crippen molar-refractivity contribution in [3.8, 4) is 17.2 Å². The molecule has 0 unspecified atom stereocenters. The Morgan fingerprint density at radius 3 is 2.62 bits per heavy atom. The van der Waals surface area contributed by atoms with Crippen LogP contribution in [0.5, 0.6) is 11.5 Å². The van der Waals surface area contributed by atoms with E-state index in [4.69, 9.17) is 15.2 Å². The summed E-state index contributed by atoms with van der Waals surface area (Å²) >= 11 is 2.30. The van der Waals surface area contributed by atoms with Crippen LogP contribution in [0.1, 0.15) is 10.4 Å². The SMILES string of the molecule is COc1ccc(-n2c(SCC(=O)Nc3sccc3C(N)=O)nc3ccccc3c2=O)cc1OC. The molecule has 0 aliphatic rings. The van der Waals surface area contributed by atoms with E-state index in [0.29, 0.717) is 38.2 Å². The zero-order valence-corrected chi connectivity index (χ0v) is 19.9. The number of anilines is 1. The van der Waals surface area contributed by atoms with E-state index in [1.165, 1.54) is 30.1 Å². The first kappa shape index (κ1) is 23.3. The first-order valence-corrected chi connectivity index (χ1v) is 11.8. The molecule has 2 aromatic carbocycles. The maximum Gasteiger partial charge on any atom is 0.266 e. The van der Waals surface area contributed by atoms with Crippen LogP contribution in [0.25, 0.3) is 16.6 Å². The van der Waals surface area contributed by atoms with E-state index in [9.17, 15) is 14.4 Å². The minimum Gasteiger partial charge on any atom is -0.493 e. The second-order valence-electron chi connectivity index (χ2n) is 6.96. The molecule has 2 heterocycles. The van der Waals surface area contributed by atoms with Crippen LogP contribution in [0.3, 0.4) is 0 Å². The van der Waals surface area contributed by atoms with Gasteiger partial charge in [-0.25, -0.2) is 4.98 Å². The molecule has 4 aromatic rings. The zero-order chi connectivity index (χ0) is 24.2. The third-order valence-electron chi connectivity index (χ3n) is 4.89. The number of hydrogen-bond acceptors (Lipinski definition) is 8. The topological polar surface area (TPSA) is 126 Å². The van der Waals surface area contributed by atoms with Crippen molar-refractivity contribution in [2.75, 3.05) is 25.3 Å². The number of amides is 2. The Balaban J connectivity index is 1.70. The van der Waals surface area contributed by atoms with Gasteiger partial charge in [0.25, 0.3) is 11.5 Å². The maximum atomic E-state index is 13.4. The molecule has 11 heteroatoms. The molecule has 4 rings (SSSR count). The molecule has 174 valence electrons. The number of methoxy groups -OCH3 is 2. The standard InChI is InChI=1S/C23H20N4O5S2/c1-31-17-8-7-13(11-18(17)32-2)27-22(30)14-5-3-4-6-16(14)25-23(27)34-12-19(28)26-21-15(20(24)29)9-10-33-21/h3-11H,12H2,1-2H3,(H2,24,29)(H,26,28). The van der Waals surface area contributed by atoms with E-state index in [1.54, 1.807) is 53.9 Å². The van der Waals surface area contributed by atoms with Crippen LogP contribution in [0, 0.1) is 0 Å². The number of primary amides is 1. The highest BCUT2D eigenvalue weighted by Crippen LogP contribution is 2.31. The largest absolute Gasteiger partial charge is 0.493 e. The molecule has 0 radical (unpaired) electrons. The van der Waals surface area contributed by atoms with Gasteiger partial charge in [0, 0.05) is 6.07 Å². The highest BCUT2D eigenvalue weighted by atomic mass is 32.2. The van der Waals surface area contributed by atoms with E-state index in [0.717, 1.165) is 11.8 Å². The Kier molecular flexibility index (Phi) is 6.85. The molecule has 34 heavy (non-hydrogen) atoms. The van der Waals surface area contributed by atoms with Crippen molar-refractivity contribution in [2.24, 2.45) is 5.73 Å². The summed E-state index contributed by atoms with van der Waals surface area (Å²) in [5.74, 6) is -0.0686. The molecular formula is C23H20N4O5S2. The average Bonchev–Trinajstić information content (AvgIpc) is 3.31. The smallest absolute Gasteiger partial charge is 0.266 e. The second kappa shape index (κ2) is 9.98. The first-order valence-electron chi connectivity index (χ1n) is 9.97. The van der Waals surface area contributed by atoms with Crippen LogP contribution in [0.15, 0.2) is 63.9 Å². The Hall–Kier alpha value is -3.83. The van der Waals surface area contributed by atoms with Crippen LogP contribution in [0.4, 0.5) is 5.00 Å². The number of nitrogens with zero attached hydrogens (tertiary/aromatic N) is 2. The van der Waals surface area contributed by atoms with Gasteiger partial charge in [0.1, 0.15) is 5.00 Å². The van der Waals surface area contributed by atoms with Crippen molar-refractivity contribution < 1.29 is 19.1 Å². The minimum absolute atomic E-state index is 0.0474. The van der Waals surface area contributed by atoms with Crippen LogP contribution >= 0.6 is 23.1 Å². The van der Waals surface area contributed by atoms with E-state index < -0.39 is 5.91 Å². The highest BCUT2D eigenvalue weighted by molar-refractivity contribution is 7.99. The lowest BCUT2D eigenvalue weighted by molar-refractivity contribution is -0.113. The Morgan fingerprint density at radius 2 is 1.88 bits per heavy atom. The van der Waals surface area contributed by atoms with Gasteiger partial charge in [-0.05, 0) is 35.7 Å². The number of benzene rings is 2. The van der Waals surface area contributed by atoms with Crippen molar-refractivity contribution in [1.82, 2.24) is 9.55 Å². The molecule has 9 nitrogen and oxygen atoms in total. The third-order valence-corrected chi connectivity index (χ3v) is 6.65. The number of ether oxygens (including phenoxy) is 2. The van der Waals surface area contributed by atoms with E-state index in [-0.39, 0.29) is 22.8 Å². The maximum absolute atomic E-state index is 13.4. The average molecular weight is 497 g/mol. The monoisotopic (exact) mass is 496 g/mol. The molecule has 0 fully saturated rings. The van der Waals surface area contributed by atoms with Crippen molar-refractivity contribution in [1.29, 1.82) is 0 Å². The van der Waals surface area contributed by atoms with Gasteiger partial charge in [-0.1, -0.05) is 23.9 Å². The van der Waals surface area contributed by atoms with Crippen LogP contribution in [-0.4, -0.2) is 41.3 Å². The lowest BCUT2D eigenvalue weighted by atomic mass is 10.2. The minimum atomic E-state index is -0.623. The summed E-state index contributed by atoms with van der Waals surface area (Å²) in [6.45, 7) is 0. The van der Waals surface area contributed by atoms with Crippen molar-refractivity contribution in [2.45, 2.75) is 5.16 Å². The van der Waals surface area contributed by atoms with Crippen LogP contribution in [0.2, 0.25) is 0 Å². The first-order chi connectivity index (χ1) is 16.4. The highest BCUT2D eigenvalue weighted by Gasteiger charge is 2.18. The number of thiophene rings is 1. The Labute approximate surface area is 202 Å². The van der Waals surface area contributed by atoms with E-state index in [2.05, 4.69) is 10.3 Å². The van der Waals surface area contributed by atoms with Crippen molar-refractivity contribution in [3.05, 3.63) is 69.8 Å². The molecule has 0 aliphatic carbocycles. The normalized spacial score (nSPS) is 10.8. The molecular weight excluding hydrogens is 476 g/mol. The lowest BCUT2D eigenvalue weighted by Gasteiger charge is -2.15. The molecule has 2 amide bonds. The summed E-state index contributed by atoms with van der Waals surface area (Å²) in [4.78, 5) is 42.2. The number of thioether (sulfide) groups is 1. The third kappa shape index (κ3) is 4.61. The predicted molar refractivity (Wildman–Crippen MR) is 133 cm³/mol. The fraction of sp³-hybridized carbons (Fsp3) is 0.130. The van der Waals surface area contributed by atoms with Crippen molar-refractivity contribution >= 4 is 50.8 Å². The molecule has 3 N–H and O–H groups in total. The van der Waals surface area contributed by atoms with Gasteiger partial charge in [0.2, 0.25) is 5.91 Å². The number of carbonyl (C=O) groups is 2. The molecule has 0 saturated carbocycles. The van der Waals surface area contributed by atoms with Gasteiger partial charge in [-0.2, -0.15) is 0 Å². The molecule has 2 aromatic heterocycles. The number of fused-ring (bicyclic) bond motifs is 1. The lowest BCUT2D eigenvalue weighted by Crippen LogP contribution is -2.23. The Morgan fingerprint density at radius 1 is 1.12 bits per heavy atom. The number of nitrogens with two attached hydrogens (primary N) is 1. The summed E-state index contributed by atoms with van der Waals surface area (Å²) in [7, 11) is 3.03. The summed E-state index contributed by atoms with van der Waals surface area (Å²) in [6, 6.07) is 13.6. The van der Waals surface area contributed by atoms with Gasteiger partial charge in [0.15, 0.2) is 16.7 Å². The number of nitrogens with one attached hydrogen (secondary N) is 1. The second-order valence-corrected chi connectivity index (χ2v) is 8.81. The van der Waals surface area contributed by atoms with Crippen LogP contribution in [-0.2, 0) is 4.79 Å². The number of para-hydroxylation sites is 1. The quantitative estimate of drug-likeness (QED) is 0.283. The van der Waals surface area contributed by atoms with Gasteiger partial charge >= 0.3 is 0 Å². The molecule has 0 bridgehead atoms. The van der Waals surface area contributed by atoms with Gasteiger partial charge in [0.05, 0.1) is 42.1 Å². The summed E-state index contributed by atoms with van der Waals surface area (Å²) in [5, 5.41) is 5.51. The van der Waals surface area contributed by atoms with E-state index >= 15 is 0 Å². The number of hydrogen-bond donors (Lipinski definition) is 2. The molecule has 0 atom stereocenters.